The molecule has 0 bridgehead atoms. The van der Waals surface area contributed by atoms with Gasteiger partial charge >= 0.3 is 0 Å². The van der Waals surface area contributed by atoms with Crippen molar-refractivity contribution in [2.75, 3.05) is 26.2 Å². The molecule has 1 aliphatic rings. The number of aliphatic hydroxyl groups is 1. The Morgan fingerprint density at radius 3 is 2.57 bits per heavy atom. The van der Waals surface area contributed by atoms with Gasteiger partial charge in [-0.05, 0) is 49.3 Å². The number of piperidine rings is 1. The van der Waals surface area contributed by atoms with E-state index in [0.717, 1.165) is 36.2 Å². The molecule has 1 aliphatic heterocycles. The van der Waals surface area contributed by atoms with Crippen LogP contribution in [0.4, 0.5) is 0 Å². The Labute approximate surface area is 128 Å². The molecule has 0 aliphatic carbocycles. The quantitative estimate of drug-likeness (QED) is 0.905. The highest BCUT2D eigenvalue weighted by Gasteiger charge is 2.23. The monoisotopic (exact) mass is 291 g/mol. The SMILES string of the molecule is Cc1cccc(OC[C@H](O)CN2C[C@H](C)C[C@H](C)C2)c1C. The zero-order valence-electron chi connectivity index (χ0n) is 13.8. The summed E-state index contributed by atoms with van der Waals surface area (Å²) in [6.45, 7) is 12.0. The molecular formula is C18H29NO2. The van der Waals surface area contributed by atoms with Crippen LogP contribution >= 0.6 is 0 Å². The van der Waals surface area contributed by atoms with E-state index in [0.29, 0.717) is 13.2 Å². The second-order valence-corrected chi connectivity index (χ2v) is 6.83. The van der Waals surface area contributed by atoms with Gasteiger partial charge in [0.25, 0.3) is 0 Å². The molecule has 3 heteroatoms. The van der Waals surface area contributed by atoms with Crippen LogP contribution in [0.25, 0.3) is 0 Å². The maximum atomic E-state index is 10.2. The molecule has 0 aromatic heterocycles. The normalized spacial score (nSPS) is 24.8. The topological polar surface area (TPSA) is 32.7 Å². The van der Waals surface area contributed by atoms with Crippen LogP contribution in [-0.4, -0.2) is 42.4 Å². The first-order valence-electron chi connectivity index (χ1n) is 8.05. The lowest BCUT2D eigenvalue weighted by atomic mass is 9.92. The first-order chi connectivity index (χ1) is 9.95. The van der Waals surface area contributed by atoms with Crippen LogP contribution in [0.2, 0.25) is 0 Å². The Kier molecular flexibility index (Phi) is 5.65. The Morgan fingerprint density at radius 2 is 1.90 bits per heavy atom. The van der Waals surface area contributed by atoms with Gasteiger partial charge in [0.15, 0.2) is 0 Å². The smallest absolute Gasteiger partial charge is 0.122 e. The third-order valence-corrected chi connectivity index (χ3v) is 4.40. The fourth-order valence-corrected chi connectivity index (χ4v) is 3.36. The summed E-state index contributed by atoms with van der Waals surface area (Å²) in [5, 5.41) is 10.2. The van der Waals surface area contributed by atoms with Crippen LogP contribution in [0.1, 0.15) is 31.4 Å². The van der Waals surface area contributed by atoms with Crippen molar-refractivity contribution in [1.82, 2.24) is 4.90 Å². The Balaban J connectivity index is 1.82. The van der Waals surface area contributed by atoms with Gasteiger partial charge in [-0.1, -0.05) is 26.0 Å². The first-order valence-corrected chi connectivity index (χ1v) is 8.05. The number of benzene rings is 1. The number of β-amino-alcohol motifs (C(OH)–C–C–N with tert-alkyl or cyclic N) is 1. The fraction of sp³-hybridized carbons (Fsp3) is 0.667. The van der Waals surface area contributed by atoms with Crippen molar-refractivity contribution in [2.24, 2.45) is 11.8 Å². The summed E-state index contributed by atoms with van der Waals surface area (Å²) in [6, 6.07) is 6.05. The highest BCUT2D eigenvalue weighted by atomic mass is 16.5. The molecule has 3 nitrogen and oxygen atoms in total. The highest BCUT2D eigenvalue weighted by Crippen LogP contribution is 2.22. The maximum Gasteiger partial charge on any atom is 0.122 e. The predicted octanol–water partition coefficient (Wildman–Crippen LogP) is 3.02. The summed E-state index contributed by atoms with van der Waals surface area (Å²) in [4.78, 5) is 2.37. The van der Waals surface area contributed by atoms with Gasteiger partial charge in [0.2, 0.25) is 0 Å². The van der Waals surface area contributed by atoms with E-state index in [1.165, 1.54) is 12.0 Å². The minimum Gasteiger partial charge on any atom is -0.491 e. The van der Waals surface area contributed by atoms with Gasteiger partial charge in [-0.15, -0.1) is 0 Å². The van der Waals surface area contributed by atoms with Crippen LogP contribution in [0.5, 0.6) is 5.75 Å². The Bertz CT molecular complexity index is 451. The summed E-state index contributed by atoms with van der Waals surface area (Å²) in [5.74, 6) is 2.33. The molecule has 2 rings (SSSR count). The van der Waals surface area contributed by atoms with E-state index in [1.54, 1.807) is 0 Å². The van der Waals surface area contributed by atoms with Gasteiger partial charge in [-0.3, -0.25) is 0 Å². The second-order valence-electron chi connectivity index (χ2n) is 6.83. The van der Waals surface area contributed by atoms with Crippen molar-refractivity contribution >= 4 is 0 Å². The molecule has 0 spiro atoms. The number of likely N-dealkylation sites (tertiary alicyclic amines) is 1. The number of aryl methyl sites for hydroxylation is 1. The molecule has 1 saturated heterocycles. The van der Waals surface area contributed by atoms with E-state index in [9.17, 15) is 5.11 Å². The van der Waals surface area contributed by atoms with Crippen molar-refractivity contribution in [3.8, 4) is 5.75 Å². The predicted molar refractivity (Wildman–Crippen MR) is 86.8 cm³/mol. The molecule has 21 heavy (non-hydrogen) atoms. The summed E-state index contributed by atoms with van der Waals surface area (Å²) in [7, 11) is 0. The van der Waals surface area contributed by atoms with Crippen molar-refractivity contribution < 1.29 is 9.84 Å². The number of aliphatic hydroxyl groups excluding tert-OH is 1. The molecule has 0 radical (unpaired) electrons. The largest absolute Gasteiger partial charge is 0.491 e. The molecule has 1 N–H and O–H groups in total. The Morgan fingerprint density at radius 1 is 1.24 bits per heavy atom. The molecule has 118 valence electrons. The number of hydrogen-bond donors (Lipinski definition) is 1. The first kappa shape index (κ1) is 16.3. The van der Waals surface area contributed by atoms with E-state index in [4.69, 9.17) is 4.74 Å². The minimum atomic E-state index is -0.428. The zero-order valence-corrected chi connectivity index (χ0v) is 13.8. The third kappa shape index (κ3) is 4.72. The molecule has 0 unspecified atom stereocenters. The van der Waals surface area contributed by atoms with E-state index in [-0.39, 0.29) is 0 Å². The van der Waals surface area contributed by atoms with Crippen LogP contribution in [-0.2, 0) is 0 Å². The van der Waals surface area contributed by atoms with Crippen LogP contribution < -0.4 is 4.74 Å². The lowest BCUT2D eigenvalue weighted by Crippen LogP contribution is -2.44. The molecule has 0 amide bonds. The average Bonchev–Trinajstić information content (AvgIpc) is 2.39. The molecule has 1 heterocycles. The zero-order chi connectivity index (χ0) is 15.4. The Hall–Kier alpha value is -1.06. The fourth-order valence-electron chi connectivity index (χ4n) is 3.36. The minimum absolute atomic E-state index is 0.365. The third-order valence-electron chi connectivity index (χ3n) is 4.40. The van der Waals surface area contributed by atoms with Gasteiger partial charge in [-0.2, -0.15) is 0 Å². The van der Waals surface area contributed by atoms with Crippen molar-refractivity contribution in [3.63, 3.8) is 0 Å². The van der Waals surface area contributed by atoms with Gasteiger partial charge in [0.1, 0.15) is 18.5 Å². The number of hydrogen-bond acceptors (Lipinski definition) is 3. The van der Waals surface area contributed by atoms with Crippen LogP contribution in [0, 0.1) is 25.7 Å². The summed E-state index contributed by atoms with van der Waals surface area (Å²) >= 11 is 0. The van der Waals surface area contributed by atoms with Gasteiger partial charge in [0.05, 0.1) is 0 Å². The van der Waals surface area contributed by atoms with E-state index >= 15 is 0 Å². The maximum absolute atomic E-state index is 10.2. The molecule has 3 atom stereocenters. The number of ether oxygens (including phenoxy) is 1. The molecule has 1 fully saturated rings. The van der Waals surface area contributed by atoms with E-state index < -0.39 is 6.10 Å². The highest BCUT2D eigenvalue weighted by molar-refractivity contribution is 5.38. The summed E-state index contributed by atoms with van der Waals surface area (Å²) in [5.41, 5.74) is 2.38. The van der Waals surface area contributed by atoms with E-state index in [1.807, 2.05) is 12.1 Å². The number of rotatable bonds is 5. The number of nitrogens with zero attached hydrogens (tertiary/aromatic N) is 1. The van der Waals surface area contributed by atoms with Crippen LogP contribution in [0.15, 0.2) is 18.2 Å². The second kappa shape index (κ2) is 7.28. The molecule has 1 aromatic carbocycles. The van der Waals surface area contributed by atoms with E-state index in [2.05, 4.69) is 38.7 Å². The summed E-state index contributed by atoms with van der Waals surface area (Å²) in [6.07, 6.45) is 0.869. The van der Waals surface area contributed by atoms with Crippen molar-refractivity contribution in [2.45, 2.75) is 40.2 Å². The molecule has 1 aromatic rings. The van der Waals surface area contributed by atoms with Gasteiger partial charge in [0, 0.05) is 19.6 Å². The average molecular weight is 291 g/mol. The van der Waals surface area contributed by atoms with Crippen LogP contribution in [0.3, 0.4) is 0 Å². The summed E-state index contributed by atoms with van der Waals surface area (Å²) < 4.78 is 5.80. The molecule has 0 saturated carbocycles. The molecular weight excluding hydrogens is 262 g/mol. The van der Waals surface area contributed by atoms with Crippen molar-refractivity contribution in [1.29, 1.82) is 0 Å². The van der Waals surface area contributed by atoms with Gasteiger partial charge < -0.3 is 14.7 Å². The van der Waals surface area contributed by atoms with Crippen molar-refractivity contribution in [3.05, 3.63) is 29.3 Å². The lowest BCUT2D eigenvalue weighted by molar-refractivity contribution is 0.0427. The standard InChI is InChI=1S/C18H29NO2/c1-13-8-14(2)10-19(9-13)11-17(20)12-21-18-7-5-6-15(3)16(18)4/h5-7,13-14,17,20H,8-12H2,1-4H3/t13-,14+,17-/m1/s1. The lowest BCUT2D eigenvalue weighted by Gasteiger charge is -2.35. The van der Waals surface area contributed by atoms with Gasteiger partial charge in [-0.25, -0.2) is 0 Å².